The Balaban J connectivity index is 2.52. The van der Waals surface area contributed by atoms with Gasteiger partial charge in [0.2, 0.25) is 11.8 Å². The molecule has 0 unspecified atom stereocenters. The smallest absolute Gasteiger partial charge is 0.244 e. The first kappa shape index (κ1) is 15.8. The summed E-state index contributed by atoms with van der Waals surface area (Å²) in [7, 11) is 1.58. The van der Waals surface area contributed by atoms with Gasteiger partial charge in [0.25, 0.3) is 0 Å². The monoisotopic (exact) mass is 275 g/mol. The molecule has 0 aliphatic carbocycles. The second-order valence-corrected chi connectivity index (χ2v) is 5.18. The molecule has 2 amide bonds. The van der Waals surface area contributed by atoms with Crippen molar-refractivity contribution in [1.29, 1.82) is 0 Å². The van der Waals surface area contributed by atoms with Crippen LogP contribution in [0.2, 0.25) is 0 Å². The molecule has 0 radical (unpaired) electrons. The van der Waals surface area contributed by atoms with E-state index in [9.17, 15) is 9.59 Å². The summed E-state index contributed by atoms with van der Waals surface area (Å²) in [5.74, 6) is -0.348. The van der Waals surface area contributed by atoms with Crippen LogP contribution in [0, 0.1) is 5.41 Å². The zero-order valence-corrected chi connectivity index (χ0v) is 12.1. The number of nitrogen functional groups attached to an aromatic ring is 1. The first-order valence-corrected chi connectivity index (χ1v) is 6.39. The molecule has 0 aliphatic rings. The van der Waals surface area contributed by atoms with Crippen molar-refractivity contribution in [2.24, 2.45) is 5.41 Å². The third kappa shape index (κ3) is 4.76. The average Bonchev–Trinajstić information content (AvgIpc) is 2.43. The number of carbonyl (C=O) groups excluding carboxylic acids is 2. The molecule has 0 atom stereocenters. The van der Waals surface area contributed by atoms with Crippen LogP contribution >= 0.6 is 0 Å². The lowest BCUT2D eigenvalue weighted by Gasteiger charge is -2.22. The first-order valence-electron chi connectivity index (χ1n) is 6.39. The summed E-state index contributed by atoms with van der Waals surface area (Å²) in [5, 5.41) is 5.28. The SMILES string of the molecule is CNC(=O)C(C)(C)CNC(=O)/C=C/c1ccc(N)cc1. The van der Waals surface area contributed by atoms with Gasteiger partial charge in [-0.25, -0.2) is 0 Å². The maximum atomic E-state index is 11.7. The number of amides is 2. The van der Waals surface area contributed by atoms with Crippen molar-refractivity contribution in [2.45, 2.75) is 13.8 Å². The van der Waals surface area contributed by atoms with Crippen LogP contribution in [0.1, 0.15) is 19.4 Å². The lowest BCUT2D eigenvalue weighted by Crippen LogP contribution is -2.43. The van der Waals surface area contributed by atoms with Crippen molar-refractivity contribution in [3.05, 3.63) is 35.9 Å². The van der Waals surface area contributed by atoms with E-state index in [0.717, 1.165) is 5.56 Å². The van der Waals surface area contributed by atoms with E-state index in [2.05, 4.69) is 10.6 Å². The van der Waals surface area contributed by atoms with Crippen molar-refractivity contribution in [2.75, 3.05) is 19.3 Å². The van der Waals surface area contributed by atoms with Crippen LogP contribution in [0.3, 0.4) is 0 Å². The Morgan fingerprint density at radius 2 is 1.85 bits per heavy atom. The lowest BCUT2D eigenvalue weighted by molar-refractivity contribution is -0.129. The Bertz CT molecular complexity index is 504. The molecule has 1 aromatic carbocycles. The van der Waals surface area contributed by atoms with Crippen LogP contribution in [0.15, 0.2) is 30.3 Å². The highest BCUT2D eigenvalue weighted by Crippen LogP contribution is 2.13. The number of rotatable bonds is 5. The second kappa shape index (κ2) is 6.75. The molecule has 0 aromatic heterocycles. The highest BCUT2D eigenvalue weighted by atomic mass is 16.2. The number of nitrogens with two attached hydrogens (primary N) is 1. The number of hydrogen-bond acceptors (Lipinski definition) is 3. The zero-order valence-electron chi connectivity index (χ0n) is 12.1. The predicted molar refractivity (Wildman–Crippen MR) is 80.7 cm³/mol. The molecule has 5 nitrogen and oxygen atoms in total. The Morgan fingerprint density at radius 3 is 2.40 bits per heavy atom. The molecule has 0 aliphatic heterocycles. The van der Waals surface area contributed by atoms with Crippen molar-refractivity contribution >= 4 is 23.6 Å². The van der Waals surface area contributed by atoms with Crippen LogP contribution in [-0.4, -0.2) is 25.4 Å². The Hall–Kier alpha value is -2.30. The van der Waals surface area contributed by atoms with Crippen molar-refractivity contribution in [3.63, 3.8) is 0 Å². The normalized spacial score (nSPS) is 11.3. The molecule has 1 rings (SSSR count). The van der Waals surface area contributed by atoms with Gasteiger partial charge in [0.15, 0.2) is 0 Å². The fourth-order valence-corrected chi connectivity index (χ4v) is 1.56. The molecule has 0 bridgehead atoms. The van der Waals surface area contributed by atoms with Gasteiger partial charge in [-0.3, -0.25) is 9.59 Å². The minimum absolute atomic E-state index is 0.111. The van der Waals surface area contributed by atoms with Gasteiger partial charge in [-0.15, -0.1) is 0 Å². The van der Waals surface area contributed by atoms with E-state index in [1.54, 1.807) is 39.1 Å². The van der Waals surface area contributed by atoms with Crippen molar-refractivity contribution < 1.29 is 9.59 Å². The van der Waals surface area contributed by atoms with Gasteiger partial charge >= 0.3 is 0 Å². The molecule has 108 valence electrons. The summed E-state index contributed by atoms with van der Waals surface area (Å²) < 4.78 is 0. The van der Waals surface area contributed by atoms with Gasteiger partial charge in [0, 0.05) is 25.4 Å². The van der Waals surface area contributed by atoms with E-state index in [-0.39, 0.29) is 18.4 Å². The van der Waals surface area contributed by atoms with Gasteiger partial charge < -0.3 is 16.4 Å². The van der Waals surface area contributed by atoms with E-state index in [0.29, 0.717) is 5.69 Å². The van der Waals surface area contributed by atoms with E-state index in [1.807, 2.05) is 12.1 Å². The molecule has 0 spiro atoms. The zero-order chi connectivity index (χ0) is 15.2. The van der Waals surface area contributed by atoms with Crippen molar-refractivity contribution in [3.8, 4) is 0 Å². The molecular weight excluding hydrogens is 254 g/mol. The van der Waals surface area contributed by atoms with Crippen molar-refractivity contribution in [1.82, 2.24) is 10.6 Å². The van der Waals surface area contributed by atoms with E-state index in [1.165, 1.54) is 6.08 Å². The first-order chi connectivity index (χ1) is 9.35. The number of nitrogens with one attached hydrogen (secondary N) is 2. The summed E-state index contributed by atoms with van der Waals surface area (Å²) >= 11 is 0. The van der Waals surface area contributed by atoms with E-state index in [4.69, 9.17) is 5.73 Å². The molecule has 0 saturated carbocycles. The van der Waals surface area contributed by atoms with Crippen LogP contribution in [-0.2, 0) is 9.59 Å². The third-order valence-corrected chi connectivity index (χ3v) is 2.91. The van der Waals surface area contributed by atoms with Gasteiger partial charge in [0.1, 0.15) is 0 Å². The third-order valence-electron chi connectivity index (χ3n) is 2.91. The largest absolute Gasteiger partial charge is 0.399 e. The van der Waals surface area contributed by atoms with Gasteiger partial charge in [-0.05, 0) is 37.6 Å². The predicted octanol–water partition coefficient (Wildman–Crippen LogP) is 1.17. The molecule has 1 aromatic rings. The molecule has 20 heavy (non-hydrogen) atoms. The van der Waals surface area contributed by atoms with Crippen LogP contribution in [0.4, 0.5) is 5.69 Å². The number of hydrogen-bond donors (Lipinski definition) is 3. The summed E-state index contributed by atoms with van der Waals surface area (Å²) in [4.78, 5) is 23.3. The fraction of sp³-hybridized carbons (Fsp3) is 0.333. The summed E-state index contributed by atoms with van der Waals surface area (Å²) in [5.41, 5.74) is 6.51. The topological polar surface area (TPSA) is 84.2 Å². The minimum Gasteiger partial charge on any atom is -0.399 e. The summed E-state index contributed by atoms with van der Waals surface area (Å²) in [6, 6.07) is 7.19. The van der Waals surface area contributed by atoms with Crippen LogP contribution in [0.25, 0.3) is 6.08 Å². The fourth-order valence-electron chi connectivity index (χ4n) is 1.56. The highest BCUT2D eigenvalue weighted by Gasteiger charge is 2.26. The van der Waals surface area contributed by atoms with Gasteiger partial charge in [-0.1, -0.05) is 12.1 Å². The molecule has 4 N–H and O–H groups in total. The second-order valence-electron chi connectivity index (χ2n) is 5.18. The molecule has 0 heterocycles. The molecule has 0 saturated heterocycles. The number of carbonyl (C=O) groups is 2. The minimum atomic E-state index is -0.639. The van der Waals surface area contributed by atoms with Crippen LogP contribution < -0.4 is 16.4 Å². The number of benzene rings is 1. The lowest BCUT2D eigenvalue weighted by atomic mass is 9.92. The highest BCUT2D eigenvalue weighted by molar-refractivity contribution is 5.92. The van der Waals surface area contributed by atoms with E-state index >= 15 is 0 Å². The molecular formula is C15H21N3O2. The van der Waals surface area contributed by atoms with Gasteiger partial charge in [-0.2, -0.15) is 0 Å². The molecule has 0 fully saturated rings. The Kier molecular flexibility index (Phi) is 5.32. The van der Waals surface area contributed by atoms with E-state index < -0.39 is 5.41 Å². The Morgan fingerprint density at radius 1 is 1.25 bits per heavy atom. The molecule has 5 heteroatoms. The number of anilines is 1. The standard InChI is InChI=1S/C15H21N3O2/c1-15(2,14(20)17-3)10-18-13(19)9-6-11-4-7-12(16)8-5-11/h4-9H,10,16H2,1-3H3,(H,17,20)(H,18,19)/b9-6+. The Labute approximate surface area is 119 Å². The summed E-state index contributed by atoms with van der Waals surface area (Å²) in [6.07, 6.45) is 3.13. The average molecular weight is 275 g/mol. The maximum Gasteiger partial charge on any atom is 0.244 e. The quantitative estimate of drug-likeness (QED) is 0.557. The van der Waals surface area contributed by atoms with Gasteiger partial charge in [0.05, 0.1) is 5.41 Å². The van der Waals surface area contributed by atoms with Crippen LogP contribution in [0.5, 0.6) is 0 Å². The maximum absolute atomic E-state index is 11.7. The summed E-state index contributed by atoms with van der Waals surface area (Å²) in [6.45, 7) is 3.82.